The summed E-state index contributed by atoms with van der Waals surface area (Å²) in [4.78, 5) is 12.3. The van der Waals surface area contributed by atoms with Crippen LogP contribution in [0.2, 0.25) is 0 Å². The maximum Gasteiger partial charge on any atom is 0.279 e. The van der Waals surface area contributed by atoms with Crippen molar-refractivity contribution in [2.24, 2.45) is 0 Å². The molecule has 2 aromatic heterocycles. The number of para-hydroxylation sites is 1. The first-order valence-electron chi connectivity index (χ1n) is 7.48. The van der Waals surface area contributed by atoms with E-state index in [4.69, 9.17) is 0 Å². The van der Waals surface area contributed by atoms with Crippen molar-refractivity contribution in [1.29, 1.82) is 0 Å². The predicted octanol–water partition coefficient (Wildman–Crippen LogP) is 3.48. The van der Waals surface area contributed by atoms with Crippen molar-refractivity contribution in [3.8, 4) is 5.69 Å². The molecular weight excluding hydrogens is 392 g/mol. The minimum Gasteiger partial charge on any atom is -0.295 e. The third-order valence-electron chi connectivity index (χ3n) is 3.26. The van der Waals surface area contributed by atoms with Crippen LogP contribution in [0, 0.1) is 0 Å². The molecule has 24 heavy (non-hydrogen) atoms. The lowest BCUT2D eigenvalue weighted by molar-refractivity contribution is 0.102. The molecule has 1 N–H and O–H groups in total. The predicted molar refractivity (Wildman–Crippen MR) is 95.5 cm³/mol. The lowest BCUT2D eigenvalue weighted by atomic mass is 10.3. The van der Waals surface area contributed by atoms with Gasteiger partial charge >= 0.3 is 0 Å². The van der Waals surface area contributed by atoms with Crippen molar-refractivity contribution in [1.82, 2.24) is 25.2 Å². The molecule has 0 radical (unpaired) electrons. The number of carbonyl (C=O) groups excluding carboxylic acids is 1. The fourth-order valence-electron chi connectivity index (χ4n) is 2.02. The van der Waals surface area contributed by atoms with Crippen molar-refractivity contribution in [3.63, 3.8) is 0 Å². The molecule has 1 aromatic carbocycles. The van der Waals surface area contributed by atoms with Crippen LogP contribution in [0.15, 0.2) is 34.9 Å². The molecule has 7 nitrogen and oxygen atoms in total. The van der Waals surface area contributed by atoms with E-state index in [1.807, 2.05) is 24.3 Å². The van der Waals surface area contributed by atoms with Gasteiger partial charge in [-0.15, -0.1) is 15.3 Å². The Bertz CT molecular complexity index is 846. The van der Waals surface area contributed by atoms with Crippen molar-refractivity contribution in [2.45, 2.75) is 26.2 Å². The summed E-state index contributed by atoms with van der Waals surface area (Å²) in [5.41, 5.74) is 1.03. The number of unbranched alkanes of at least 4 members (excludes halogenated alkanes) is 1. The van der Waals surface area contributed by atoms with Gasteiger partial charge in [0.15, 0.2) is 5.69 Å². The number of nitrogens with zero attached hydrogens (tertiary/aromatic N) is 5. The maximum atomic E-state index is 12.3. The highest BCUT2D eigenvalue weighted by atomic mass is 79.9. The highest BCUT2D eigenvalue weighted by Gasteiger charge is 2.15. The Morgan fingerprint density at radius 2 is 2.12 bits per heavy atom. The van der Waals surface area contributed by atoms with E-state index >= 15 is 0 Å². The summed E-state index contributed by atoms with van der Waals surface area (Å²) in [6.45, 7) is 2.12. The standard InChI is InChI=1S/C15H15BrN6OS/c1-2-3-8-13-19-20-15(24-13)17-14(23)11-9-22(21-18-11)12-7-5-4-6-10(12)16/h4-7,9H,2-3,8H2,1H3,(H,17,20,23). The molecule has 3 aromatic rings. The molecule has 3 rings (SSSR count). The molecule has 0 bridgehead atoms. The summed E-state index contributed by atoms with van der Waals surface area (Å²) >= 11 is 4.84. The van der Waals surface area contributed by atoms with Gasteiger partial charge in [-0.05, 0) is 34.5 Å². The van der Waals surface area contributed by atoms with E-state index in [1.54, 1.807) is 10.9 Å². The lowest BCUT2D eigenvalue weighted by Gasteiger charge is -2.01. The van der Waals surface area contributed by atoms with Crippen molar-refractivity contribution >= 4 is 38.3 Å². The van der Waals surface area contributed by atoms with Gasteiger partial charge in [0.05, 0.1) is 11.9 Å². The van der Waals surface area contributed by atoms with Crippen LogP contribution in [0.5, 0.6) is 0 Å². The monoisotopic (exact) mass is 406 g/mol. The highest BCUT2D eigenvalue weighted by molar-refractivity contribution is 9.10. The van der Waals surface area contributed by atoms with Gasteiger partial charge in [0, 0.05) is 10.9 Å². The average Bonchev–Trinajstić information content (AvgIpc) is 3.23. The van der Waals surface area contributed by atoms with E-state index in [-0.39, 0.29) is 11.6 Å². The molecule has 0 fully saturated rings. The largest absolute Gasteiger partial charge is 0.295 e. The number of rotatable bonds is 6. The van der Waals surface area contributed by atoms with E-state index in [1.165, 1.54) is 11.3 Å². The maximum absolute atomic E-state index is 12.3. The average molecular weight is 407 g/mol. The Hall–Kier alpha value is -2.13. The van der Waals surface area contributed by atoms with Gasteiger partial charge in [-0.3, -0.25) is 10.1 Å². The van der Waals surface area contributed by atoms with Crippen LogP contribution in [0.4, 0.5) is 5.13 Å². The number of benzene rings is 1. The first-order valence-corrected chi connectivity index (χ1v) is 9.09. The van der Waals surface area contributed by atoms with Crippen molar-refractivity contribution in [2.75, 3.05) is 5.32 Å². The van der Waals surface area contributed by atoms with Crippen LogP contribution >= 0.6 is 27.3 Å². The normalized spacial score (nSPS) is 10.8. The first-order chi connectivity index (χ1) is 11.7. The van der Waals surface area contributed by atoms with Gasteiger partial charge in [-0.2, -0.15) is 0 Å². The number of hydrogen-bond donors (Lipinski definition) is 1. The smallest absolute Gasteiger partial charge is 0.279 e. The van der Waals surface area contributed by atoms with E-state index in [2.05, 4.69) is 48.7 Å². The van der Waals surface area contributed by atoms with Gasteiger partial charge in [0.2, 0.25) is 5.13 Å². The van der Waals surface area contributed by atoms with E-state index in [9.17, 15) is 4.79 Å². The molecule has 1 amide bonds. The zero-order chi connectivity index (χ0) is 16.9. The van der Waals surface area contributed by atoms with Crippen LogP contribution in [0.3, 0.4) is 0 Å². The van der Waals surface area contributed by atoms with Crippen molar-refractivity contribution < 1.29 is 4.79 Å². The van der Waals surface area contributed by atoms with Crippen LogP contribution in [0.1, 0.15) is 35.3 Å². The summed E-state index contributed by atoms with van der Waals surface area (Å²) in [7, 11) is 0. The molecule has 0 aliphatic heterocycles. The minimum absolute atomic E-state index is 0.219. The Kier molecular flexibility index (Phi) is 5.31. The first kappa shape index (κ1) is 16.7. The number of aryl methyl sites for hydroxylation is 1. The Labute approximate surface area is 151 Å². The lowest BCUT2D eigenvalue weighted by Crippen LogP contribution is -2.12. The van der Waals surface area contributed by atoms with Gasteiger partial charge < -0.3 is 0 Å². The Balaban J connectivity index is 1.70. The summed E-state index contributed by atoms with van der Waals surface area (Å²) < 4.78 is 2.41. The highest BCUT2D eigenvalue weighted by Crippen LogP contribution is 2.20. The molecule has 124 valence electrons. The molecule has 0 saturated heterocycles. The van der Waals surface area contributed by atoms with Crippen LogP contribution in [-0.2, 0) is 6.42 Å². The summed E-state index contributed by atoms with van der Waals surface area (Å²) in [6, 6.07) is 7.57. The van der Waals surface area contributed by atoms with Gasteiger partial charge in [0.1, 0.15) is 5.01 Å². The Morgan fingerprint density at radius 1 is 1.29 bits per heavy atom. The number of anilines is 1. The molecule has 0 aliphatic rings. The third-order valence-corrected chi connectivity index (χ3v) is 4.83. The number of amides is 1. The third kappa shape index (κ3) is 3.85. The van der Waals surface area contributed by atoms with E-state index in [0.29, 0.717) is 5.13 Å². The number of hydrogen-bond acceptors (Lipinski definition) is 6. The summed E-state index contributed by atoms with van der Waals surface area (Å²) in [5, 5.41) is 20.1. The molecular formula is C15H15BrN6OS. The van der Waals surface area contributed by atoms with E-state index in [0.717, 1.165) is 34.4 Å². The molecule has 0 unspecified atom stereocenters. The SMILES string of the molecule is CCCCc1nnc(NC(=O)c2cn(-c3ccccc3Br)nn2)s1. The molecule has 0 atom stereocenters. The molecule has 0 saturated carbocycles. The molecule has 0 aliphatic carbocycles. The van der Waals surface area contributed by atoms with Crippen LogP contribution in [-0.4, -0.2) is 31.1 Å². The second kappa shape index (κ2) is 7.63. The van der Waals surface area contributed by atoms with Crippen LogP contribution < -0.4 is 5.32 Å². The number of nitrogens with one attached hydrogen (secondary N) is 1. The van der Waals surface area contributed by atoms with Gasteiger partial charge in [-0.1, -0.05) is 42.0 Å². The molecule has 9 heteroatoms. The fourth-order valence-corrected chi connectivity index (χ4v) is 3.26. The topological polar surface area (TPSA) is 85.6 Å². The fraction of sp³-hybridized carbons (Fsp3) is 0.267. The summed E-state index contributed by atoms with van der Waals surface area (Å²) in [5.74, 6) is -0.355. The summed E-state index contributed by atoms with van der Waals surface area (Å²) in [6.07, 6.45) is 4.61. The number of aromatic nitrogens is 5. The van der Waals surface area contributed by atoms with E-state index < -0.39 is 0 Å². The van der Waals surface area contributed by atoms with Crippen molar-refractivity contribution in [3.05, 3.63) is 45.6 Å². The zero-order valence-electron chi connectivity index (χ0n) is 12.9. The van der Waals surface area contributed by atoms with Crippen LogP contribution in [0.25, 0.3) is 5.69 Å². The zero-order valence-corrected chi connectivity index (χ0v) is 15.3. The number of halogens is 1. The molecule has 2 heterocycles. The molecule has 0 spiro atoms. The van der Waals surface area contributed by atoms with Gasteiger partial charge in [-0.25, -0.2) is 4.68 Å². The Morgan fingerprint density at radius 3 is 2.92 bits per heavy atom. The van der Waals surface area contributed by atoms with Gasteiger partial charge in [0.25, 0.3) is 5.91 Å². The minimum atomic E-state index is -0.355. The quantitative estimate of drug-likeness (QED) is 0.676. The number of carbonyl (C=O) groups is 1. The second-order valence-electron chi connectivity index (χ2n) is 5.06. The second-order valence-corrected chi connectivity index (χ2v) is 6.97.